The van der Waals surface area contributed by atoms with Gasteiger partial charge in [0.15, 0.2) is 5.82 Å². The number of nitrogen functional groups attached to an aromatic ring is 1. The summed E-state index contributed by atoms with van der Waals surface area (Å²) in [5.41, 5.74) is 5.30. The number of hydrogen-bond donors (Lipinski definition) is 2. The zero-order valence-corrected chi connectivity index (χ0v) is 10.9. The normalized spacial score (nSPS) is 12.2. The Morgan fingerprint density at radius 3 is 2.74 bits per heavy atom. The summed E-state index contributed by atoms with van der Waals surface area (Å²) >= 11 is 1.48. The summed E-state index contributed by atoms with van der Waals surface area (Å²) in [4.78, 5) is 11.9. The Morgan fingerprint density at radius 2 is 2.11 bits per heavy atom. The zero-order valence-electron chi connectivity index (χ0n) is 10.1. The number of hydrogen-bond acceptors (Lipinski definition) is 3. The van der Waals surface area contributed by atoms with Crippen molar-refractivity contribution in [2.45, 2.75) is 13.0 Å². The third kappa shape index (κ3) is 2.73. The third-order valence-electron chi connectivity index (χ3n) is 2.74. The average molecular weight is 282 g/mol. The van der Waals surface area contributed by atoms with E-state index in [9.17, 15) is 13.6 Å². The lowest BCUT2D eigenvalue weighted by Gasteiger charge is -2.14. The molecule has 100 valence electrons. The minimum atomic E-state index is -1.03. The molecule has 0 spiro atoms. The van der Waals surface area contributed by atoms with Gasteiger partial charge in [-0.05, 0) is 41.4 Å². The Labute approximate surface area is 113 Å². The van der Waals surface area contributed by atoms with Crippen molar-refractivity contribution in [1.29, 1.82) is 0 Å². The number of amides is 1. The second-order valence-electron chi connectivity index (χ2n) is 4.08. The van der Waals surface area contributed by atoms with Crippen molar-refractivity contribution in [3.8, 4) is 0 Å². The van der Waals surface area contributed by atoms with Crippen molar-refractivity contribution in [1.82, 2.24) is 5.32 Å². The molecule has 0 saturated heterocycles. The summed E-state index contributed by atoms with van der Waals surface area (Å²) in [5, 5.41) is 6.26. The molecule has 1 atom stereocenters. The first-order valence-corrected chi connectivity index (χ1v) is 6.51. The number of carbonyl (C=O) groups excluding carboxylic acids is 1. The second-order valence-corrected chi connectivity index (χ2v) is 4.86. The monoisotopic (exact) mass is 282 g/mol. The van der Waals surface area contributed by atoms with Gasteiger partial charge in [-0.2, -0.15) is 11.3 Å². The standard InChI is InChI=1S/C13H12F2N2OS/c1-7(8-4-5-19-6-8)17-13(18)11-9(14)2-3-10(16)12(11)15/h2-7H,16H2,1H3,(H,17,18). The van der Waals surface area contributed by atoms with Gasteiger partial charge in [0.1, 0.15) is 11.4 Å². The summed E-state index contributed by atoms with van der Waals surface area (Å²) in [7, 11) is 0. The van der Waals surface area contributed by atoms with Crippen LogP contribution in [0.5, 0.6) is 0 Å². The molecule has 3 nitrogen and oxygen atoms in total. The lowest BCUT2D eigenvalue weighted by Crippen LogP contribution is -2.28. The van der Waals surface area contributed by atoms with Crippen LogP contribution in [-0.4, -0.2) is 5.91 Å². The Balaban J connectivity index is 2.23. The van der Waals surface area contributed by atoms with E-state index in [1.165, 1.54) is 11.3 Å². The molecule has 3 N–H and O–H groups in total. The van der Waals surface area contributed by atoms with E-state index in [4.69, 9.17) is 5.73 Å². The highest BCUT2D eigenvalue weighted by molar-refractivity contribution is 7.07. The van der Waals surface area contributed by atoms with Crippen molar-refractivity contribution >= 4 is 22.9 Å². The zero-order chi connectivity index (χ0) is 14.0. The molecule has 1 aromatic carbocycles. The quantitative estimate of drug-likeness (QED) is 0.850. The predicted octanol–water partition coefficient (Wildman–Crippen LogP) is 3.10. The maximum absolute atomic E-state index is 13.7. The van der Waals surface area contributed by atoms with Gasteiger partial charge in [0, 0.05) is 0 Å². The average Bonchev–Trinajstić information content (AvgIpc) is 2.88. The summed E-state index contributed by atoms with van der Waals surface area (Å²) in [6.07, 6.45) is 0. The predicted molar refractivity (Wildman–Crippen MR) is 71.0 cm³/mol. The van der Waals surface area contributed by atoms with E-state index >= 15 is 0 Å². The number of benzene rings is 1. The van der Waals surface area contributed by atoms with Crippen LogP contribution in [0, 0.1) is 11.6 Å². The van der Waals surface area contributed by atoms with Gasteiger partial charge in [-0.25, -0.2) is 8.78 Å². The van der Waals surface area contributed by atoms with Crippen LogP contribution in [0.15, 0.2) is 29.0 Å². The number of rotatable bonds is 3. The largest absolute Gasteiger partial charge is 0.396 e. The smallest absolute Gasteiger partial charge is 0.257 e. The summed E-state index contributed by atoms with van der Waals surface area (Å²) in [5.74, 6) is -2.78. The maximum atomic E-state index is 13.7. The first-order chi connectivity index (χ1) is 9.00. The highest BCUT2D eigenvalue weighted by Crippen LogP contribution is 2.21. The minimum Gasteiger partial charge on any atom is -0.396 e. The maximum Gasteiger partial charge on any atom is 0.257 e. The number of nitrogens with two attached hydrogens (primary N) is 1. The van der Waals surface area contributed by atoms with Gasteiger partial charge in [0.05, 0.1) is 11.7 Å². The van der Waals surface area contributed by atoms with Crippen LogP contribution in [-0.2, 0) is 0 Å². The number of nitrogens with one attached hydrogen (secondary N) is 1. The minimum absolute atomic E-state index is 0.255. The Kier molecular flexibility index (Phi) is 3.80. The van der Waals surface area contributed by atoms with Gasteiger partial charge in [-0.1, -0.05) is 0 Å². The summed E-state index contributed by atoms with van der Waals surface area (Å²) < 4.78 is 27.2. The van der Waals surface area contributed by atoms with Gasteiger partial charge in [0.2, 0.25) is 0 Å². The topological polar surface area (TPSA) is 55.1 Å². The van der Waals surface area contributed by atoms with Gasteiger partial charge in [-0.3, -0.25) is 4.79 Å². The van der Waals surface area contributed by atoms with Crippen LogP contribution < -0.4 is 11.1 Å². The first-order valence-electron chi connectivity index (χ1n) is 5.57. The first kappa shape index (κ1) is 13.5. The summed E-state index contributed by atoms with van der Waals surface area (Å²) in [6.45, 7) is 1.74. The molecule has 2 aromatic rings. The van der Waals surface area contributed by atoms with Gasteiger partial charge in [-0.15, -0.1) is 0 Å². The molecule has 0 aliphatic carbocycles. The van der Waals surface area contributed by atoms with E-state index in [1.807, 2.05) is 16.8 Å². The van der Waals surface area contributed by atoms with E-state index in [0.717, 1.165) is 17.7 Å². The highest BCUT2D eigenvalue weighted by Gasteiger charge is 2.21. The molecule has 0 radical (unpaired) electrons. The number of carbonyl (C=O) groups is 1. The molecule has 1 heterocycles. The Morgan fingerprint density at radius 1 is 1.37 bits per heavy atom. The Hall–Kier alpha value is -1.95. The van der Waals surface area contributed by atoms with Crippen LogP contribution in [0.1, 0.15) is 28.9 Å². The van der Waals surface area contributed by atoms with Gasteiger partial charge < -0.3 is 11.1 Å². The molecule has 19 heavy (non-hydrogen) atoms. The van der Waals surface area contributed by atoms with Gasteiger partial charge in [0.25, 0.3) is 5.91 Å². The molecule has 0 aliphatic heterocycles. The molecule has 0 aliphatic rings. The van der Waals surface area contributed by atoms with Crippen LogP contribution in [0.4, 0.5) is 14.5 Å². The van der Waals surface area contributed by atoms with Crippen molar-refractivity contribution in [2.24, 2.45) is 0 Å². The molecule has 6 heteroatoms. The summed E-state index contributed by atoms with van der Waals surface area (Å²) in [6, 6.07) is 3.56. The molecular formula is C13H12F2N2OS. The molecule has 0 bridgehead atoms. The van der Waals surface area contributed by atoms with Crippen LogP contribution in [0.3, 0.4) is 0 Å². The Bertz CT molecular complexity index is 599. The van der Waals surface area contributed by atoms with Gasteiger partial charge >= 0.3 is 0 Å². The SMILES string of the molecule is CC(NC(=O)c1c(F)ccc(N)c1F)c1ccsc1. The molecule has 1 unspecified atom stereocenters. The second kappa shape index (κ2) is 5.36. The fourth-order valence-electron chi connectivity index (χ4n) is 1.65. The highest BCUT2D eigenvalue weighted by atomic mass is 32.1. The van der Waals surface area contributed by atoms with Crippen molar-refractivity contribution in [3.05, 3.63) is 51.7 Å². The number of thiophene rings is 1. The van der Waals surface area contributed by atoms with Crippen molar-refractivity contribution in [2.75, 3.05) is 5.73 Å². The molecule has 0 saturated carbocycles. The number of anilines is 1. The lowest BCUT2D eigenvalue weighted by molar-refractivity contribution is 0.0931. The van der Waals surface area contributed by atoms with Crippen molar-refractivity contribution in [3.63, 3.8) is 0 Å². The third-order valence-corrected chi connectivity index (χ3v) is 3.44. The fourth-order valence-corrected chi connectivity index (χ4v) is 2.40. The van der Waals surface area contributed by atoms with E-state index < -0.39 is 23.1 Å². The molecule has 2 rings (SSSR count). The molecule has 1 amide bonds. The van der Waals surface area contributed by atoms with Crippen LogP contribution in [0.25, 0.3) is 0 Å². The molecule has 1 aromatic heterocycles. The van der Waals surface area contributed by atoms with E-state index in [2.05, 4.69) is 5.32 Å². The lowest BCUT2D eigenvalue weighted by atomic mass is 10.1. The number of halogens is 2. The van der Waals surface area contributed by atoms with Crippen molar-refractivity contribution < 1.29 is 13.6 Å². The molecular weight excluding hydrogens is 270 g/mol. The van der Waals surface area contributed by atoms with Crippen LogP contribution in [0.2, 0.25) is 0 Å². The van der Waals surface area contributed by atoms with E-state index in [0.29, 0.717) is 0 Å². The fraction of sp³-hybridized carbons (Fsp3) is 0.154. The molecule has 0 fully saturated rings. The van der Waals surface area contributed by atoms with E-state index in [-0.39, 0.29) is 11.7 Å². The van der Waals surface area contributed by atoms with Crippen LogP contribution >= 0.6 is 11.3 Å². The van der Waals surface area contributed by atoms with E-state index in [1.54, 1.807) is 6.92 Å².